The molecule has 0 bridgehead atoms. The van der Waals surface area contributed by atoms with Crippen LogP contribution >= 0.6 is 0 Å². The number of nitro benzene ring substituents is 1. The fraction of sp³-hybridized carbons (Fsp3) is 0.273. The quantitative estimate of drug-likeness (QED) is 0.504. The number of amides is 1. The Morgan fingerprint density at radius 1 is 1.17 bits per heavy atom. The van der Waals surface area contributed by atoms with Crippen molar-refractivity contribution in [3.05, 3.63) is 75.5 Å². The van der Waals surface area contributed by atoms with Crippen LogP contribution < -0.4 is 5.32 Å². The van der Waals surface area contributed by atoms with Crippen molar-refractivity contribution < 1.29 is 9.72 Å². The number of nitro groups is 1. The van der Waals surface area contributed by atoms with Crippen LogP contribution in [0.1, 0.15) is 29.7 Å². The minimum absolute atomic E-state index is 0.00932. The van der Waals surface area contributed by atoms with Gasteiger partial charge in [0.25, 0.3) is 5.69 Å². The van der Waals surface area contributed by atoms with Crippen LogP contribution in [-0.2, 0) is 17.9 Å². The molecule has 2 heterocycles. The van der Waals surface area contributed by atoms with E-state index in [1.54, 1.807) is 6.07 Å². The van der Waals surface area contributed by atoms with E-state index in [1.165, 1.54) is 6.07 Å². The lowest BCUT2D eigenvalue weighted by Gasteiger charge is -2.16. The highest BCUT2D eigenvalue weighted by Gasteiger charge is 2.20. The fourth-order valence-corrected chi connectivity index (χ4v) is 3.71. The SMILES string of the molecule is Cc1cc(NCc2ccc(CN3CCCC3=O)cc2)c2cccc([N+](=O)[O-])c2n1. The molecule has 1 N–H and O–H groups in total. The summed E-state index contributed by atoms with van der Waals surface area (Å²) in [5.41, 5.74) is 4.16. The van der Waals surface area contributed by atoms with Gasteiger partial charge in [0.15, 0.2) is 5.52 Å². The molecular weight excluding hydrogens is 368 g/mol. The van der Waals surface area contributed by atoms with Gasteiger partial charge in [-0.1, -0.05) is 36.4 Å². The zero-order valence-electron chi connectivity index (χ0n) is 16.2. The monoisotopic (exact) mass is 390 g/mol. The van der Waals surface area contributed by atoms with Gasteiger partial charge in [0, 0.05) is 48.9 Å². The summed E-state index contributed by atoms with van der Waals surface area (Å²) in [5, 5.41) is 15.4. The zero-order chi connectivity index (χ0) is 20.4. The van der Waals surface area contributed by atoms with Crippen LogP contribution in [0.2, 0.25) is 0 Å². The number of hydrogen-bond acceptors (Lipinski definition) is 5. The summed E-state index contributed by atoms with van der Waals surface area (Å²) in [7, 11) is 0. The standard InChI is InChI=1S/C22H22N4O3/c1-15-12-19(18-4-2-5-20(26(28)29)22(18)24-15)23-13-16-7-9-17(10-8-16)14-25-11-3-6-21(25)27/h2,4-5,7-10,12H,3,6,11,13-14H2,1H3,(H,23,24). The van der Waals surface area contributed by atoms with Gasteiger partial charge in [0.05, 0.1) is 4.92 Å². The lowest BCUT2D eigenvalue weighted by molar-refractivity contribution is -0.383. The molecule has 148 valence electrons. The summed E-state index contributed by atoms with van der Waals surface area (Å²) in [6.07, 6.45) is 1.60. The zero-order valence-corrected chi connectivity index (χ0v) is 16.2. The summed E-state index contributed by atoms with van der Waals surface area (Å²) in [6, 6.07) is 15.1. The maximum absolute atomic E-state index is 11.8. The molecule has 0 atom stereocenters. The van der Waals surface area contributed by atoms with E-state index in [1.807, 2.05) is 48.2 Å². The molecule has 29 heavy (non-hydrogen) atoms. The van der Waals surface area contributed by atoms with E-state index >= 15 is 0 Å². The number of likely N-dealkylation sites (tertiary alicyclic amines) is 1. The number of nitrogens with one attached hydrogen (secondary N) is 1. The molecule has 0 spiro atoms. The second-order valence-corrected chi connectivity index (χ2v) is 7.33. The topological polar surface area (TPSA) is 88.4 Å². The van der Waals surface area contributed by atoms with Crippen molar-refractivity contribution in [3.8, 4) is 0 Å². The number of fused-ring (bicyclic) bond motifs is 1. The first kappa shape index (κ1) is 18.9. The molecule has 1 aromatic heterocycles. The van der Waals surface area contributed by atoms with E-state index in [2.05, 4.69) is 10.3 Å². The van der Waals surface area contributed by atoms with E-state index in [0.717, 1.165) is 40.9 Å². The number of nitrogens with zero attached hydrogens (tertiary/aromatic N) is 3. The number of anilines is 1. The van der Waals surface area contributed by atoms with E-state index in [9.17, 15) is 14.9 Å². The van der Waals surface area contributed by atoms with Gasteiger partial charge in [-0.15, -0.1) is 0 Å². The van der Waals surface area contributed by atoms with Crippen molar-refractivity contribution in [2.24, 2.45) is 0 Å². The minimum Gasteiger partial charge on any atom is -0.380 e. The maximum Gasteiger partial charge on any atom is 0.295 e. The van der Waals surface area contributed by atoms with Gasteiger partial charge in [0.2, 0.25) is 5.91 Å². The van der Waals surface area contributed by atoms with Crippen LogP contribution in [0.5, 0.6) is 0 Å². The van der Waals surface area contributed by atoms with Crippen LogP contribution in [0.3, 0.4) is 0 Å². The first-order valence-corrected chi connectivity index (χ1v) is 9.65. The van der Waals surface area contributed by atoms with Gasteiger partial charge in [-0.25, -0.2) is 4.98 Å². The first-order valence-electron chi connectivity index (χ1n) is 9.65. The maximum atomic E-state index is 11.8. The van der Waals surface area contributed by atoms with Crippen molar-refractivity contribution in [1.82, 2.24) is 9.88 Å². The van der Waals surface area contributed by atoms with Crippen LogP contribution in [0, 0.1) is 17.0 Å². The van der Waals surface area contributed by atoms with Crippen molar-refractivity contribution in [3.63, 3.8) is 0 Å². The predicted octanol–water partition coefficient (Wildman–Crippen LogP) is 4.19. The van der Waals surface area contributed by atoms with E-state index in [4.69, 9.17) is 0 Å². The Hall–Kier alpha value is -3.48. The Bertz CT molecular complexity index is 1080. The molecule has 1 fully saturated rings. The van der Waals surface area contributed by atoms with E-state index in [-0.39, 0.29) is 11.6 Å². The molecule has 0 unspecified atom stereocenters. The van der Waals surface area contributed by atoms with Gasteiger partial charge >= 0.3 is 0 Å². The number of pyridine rings is 1. The molecule has 7 nitrogen and oxygen atoms in total. The molecule has 1 aliphatic heterocycles. The molecule has 3 aromatic rings. The Labute approximate surface area is 168 Å². The molecule has 0 radical (unpaired) electrons. The molecule has 0 saturated carbocycles. The highest BCUT2D eigenvalue weighted by atomic mass is 16.6. The summed E-state index contributed by atoms with van der Waals surface area (Å²) >= 11 is 0. The second-order valence-electron chi connectivity index (χ2n) is 7.33. The van der Waals surface area contributed by atoms with Gasteiger partial charge in [0.1, 0.15) is 0 Å². The Morgan fingerprint density at radius 3 is 2.62 bits per heavy atom. The largest absolute Gasteiger partial charge is 0.380 e. The number of carbonyl (C=O) groups excluding carboxylic acids is 1. The molecule has 4 rings (SSSR count). The number of non-ortho nitro benzene ring substituents is 1. The van der Waals surface area contributed by atoms with Crippen molar-refractivity contribution in [2.75, 3.05) is 11.9 Å². The molecule has 1 saturated heterocycles. The summed E-state index contributed by atoms with van der Waals surface area (Å²) in [4.78, 5) is 28.9. The van der Waals surface area contributed by atoms with E-state index in [0.29, 0.717) is 25.0 Å². The fourth-order valence-electron chi connectivity index (χ4n) is 3.71. The van der Waals surface area contributed by atoms with Crippen LogP contribution in [-0.4, -0.2) is 27.3 Å². The van der Waals surface area contributed by atoms with Crippen molar-refractivity contribution in [1.29, 1.82) is 0 Å². The van der Waals surface area contributed by atoms with Crippen molar-refractivity contribution >= 4 is 28.2 Å². The Kier molecular flexibility index (Phi) is 5.12. The van der Waals surface area contributed by atoms with Gasteiger partial charge in [-0.3, -0.25) is 14.9 Å². The highest BCUT2D eigenvalue weighted by molar-refractivity contribution is 5.96. The van der Waals surface area contributed by atoms with Crippen molar-refractivity contribution in [2.45, 2.75) is 32.9 Å². The molecule has 1 aliphatic rings. The van der Waals surface area contributed by atoms with Gasteiger partial charge in [-0.2, -0.15) is 0 Å². The number of rotatable bonds is 6. The first-order chi connectivity index (χ1) is 14.0. The smallest absolute Gasteiger partial charge is 0.295 e. The Morgan fingerprint density at radius 2 is 1.93 bits per heavy atom. The molecule has 7 heteroatoms. The lowest BCUT2D eigenvalue weighted by Crippen LogP contribution is -2.23. The number of aryl methyl sites for hydroxylation is 1. The van der Waals surface area contributed by atoms with Crippen LogP contribution in [0.25, 0.3) is 10.9 Å². The summed E-state index contributed by atoms with van der Waals surface area (Å²) in [5.74, 6) is 0.227. The number of aromatic nitrogens is 1. The normalized spacial score (nSPS) is 13.8. The van der Waals surface area contributed by atoms with Crippen LogP contribution in [0.15, 0.2) is 48.5 Å². The summed E-state index contributed by atoms with van der Waals surface area (Å²) < 4.78 is 0. The molecular formula is C22H22N4O3. The average Bonchev–Trinajstić information content (AvgIpc) is 3.11. The van der Waals surface area contributed by atoms with Gasteiger partial charge < -0.3 is 10.2 Å². The number of carbonyl (C=O) groups is 1. The second kappa shape index (κ2) is 7.87. The third-order valence-electron chi connectivity index (χ3n) is 5.19. The third-order valence-corrected chi connectivity index (χ3v) is 5.19. The molecule has 1 amide bonds. The Balaban J connectivity index is 1.50. The van der Waals surface area contributed by atoms with E-state index < -0.39 is 4.92 Å². The highest BCUT2D eigenvalue weighted by Crippen LogP contribution is 2.30. The average molecular weight is 390 g/mol. The molecule has 2 aromatic carbocycles. The van der Waals surface area contributed by atoms with Gasteiger partial charge in [-0.05, 0) is 30.5 Å². The number of hydrogen-bond donors (Lipinski definition) is 1. The number of para-hydroxylation sites is 1. The third kappa shape index (κ3) is 4.03. The summed E-state index contributed by atoms with van der Waals surface area (Å²) in [6.45, 7) is 3.91. The molecule has 0 aliphatic carbocycles. The minimum atomic E-state index is -0.400. The van der Waals surface area contributed by atoms with Crippen LogP contribution in [0.4, 0.5) is 11.4 Å². The lowest BCUT2D eigenvalue weighted by atomic mass is 10.1. The predicted molar refractivity (Wildman–Crippen MR) is 112 cm³/mol. The number of benzene rings is 2.